The molecule has 2 nitrogen and oxygen atoms in total. The molecule has 0 radical (unpaired) electrons. The second-order valence-corrected chi connectivity index (χ2v) is 14.6. The molecule has 0 saturated heterocycles. The van der Waals surface area contributed by atoms with E-state index < -0.39 is 11.2 Å². The van der Waals surface area contributed by atoms with Crippen molar-refractivity contribution in [2.45, 2.75) is 131 Å². The molecule has 0 heterocycles. The highest BCUT2D eigenvalue weighted by atomic mass is 16.3. The van der Waals surface area contributed by atoms with Crippen LogP contribution >= 0.6 is 0 Å². The van der Waals surface area contributed by atoms with Crippen molar-refractivity contribution in [2.75, 3.05) is 0 Å². The molecule has 3 saturated carbocycles. The lowest BCUT2D eigenvalue weighted by Crippen LogP contribution is -2.59. The molecular weight excluding hydrogens is 392 g/mol. The maximum Gasteiger partial charge on any atom is 0.0836 e. The molecule has 3 fully saturated rings. The maximum absolute atomic E-state index is 11.9. The van der Waals surface area contributed by atoms with Crippen molar-refractivity contribution in [3.05, 3.63) is 11.6 Å². The summed E-state index contributed by atoms with van der Waals surface area (Å²) in [6.07, 6.45) is 13.6. The first kappa shape index (κ1) is 24.8. The third-order valence-electron chi connectivity index (χ3n) is 11.4. The van der Waals surface area contributed by atoms with E-state index in [1.165, 1.54) is 44.1 Å². The summed E-state index contributed by atoms with van der Waals surface area (Å²) >= 11 is 0. The van der Waals surface area contributed by atoms with Gasteiger partial charge in [0.25, 0.3) is 0 Å². The van der Waals surface area contributed by atoms with Crippen molar-refractivity contribution in [2.24, 2.45) is 45.8 Å². The molecule has 0 aromatic heterocycles. The standard InChI is InChI=1S/C30H52O2/c1-9-30(32)17-16-27(6)21(19-30)18-29(8,31)25-23-11-10-22(20(2)12-14-26(3,4)5)28(23,7)15-13-24(25)27/h18,20,22-25,31-32H,9-17,19H2,1-8H3/t20-,22-,23+,24+,25+,27+,28-,29?,30+/m1/s1. The van der Waals surface area contributed by atoms with Crippen LogP contribution in [0.5, 0.6) is 0 Å². The summed E-state index contributed by atoms with van der Waals surface area (Å²) in [5.74, 6) is 3.11. The van der Waals surface area contributed by atoms with E-state index >= 15 is 0 Å². The van der Waals surface area contributed by atoms with E-state index in [0.29, 0.717) is 28.6 Å². The number of hydrogen-bond donors (Lipinski definition) is 2. The minimum absolute atomic E-state index is 0.158. The zero-order valence-corrected chi connectivity index (χ0v) is 22.4. The van der Waals surface area contributed by atoms with Crippen molar-refractivity contribution >= 4 is 0 Å². The summed E-state index contributed by atoms with van der Waals surface area (Å²) in [6, 6.07) is 0. The van der Waals surface area contributed by atoms with Crippen LogP contribution in [0, 0.1) is 45.8 Å². The monoisotopic (exact) mass is 444 g/mol. The second-order valence-electron chi connectivity index (χ2n) is 14.6. The number of rotatable bonds is 4. The molecule has 0 bridgehead atoms. The van der Waals surface area contributed by atoms with Crippen LogP contribution in [0.15, 0.2) is 11.6 Å². The molecule has 4 aliphatic rings. The van der Waals surface area contributed by atoms with Gasteiger partial charge in [-0.2, -0.15) is 0 Å². The normalized spacial score (nSPS) is 49.6. The van der Waals surface area contributed by atoms with E-state index in [-0.39, 0.29) is 5.41 Å². The summed E-state index contributed by atoms with van der Waals surface area (Å²) in [5, 5.41) is 23.0. The van der Waals surface area contributed by atoms with Crippen molar-refractivity contribution < 1.29 is 10.2 Å². The van der Waals surface area contributed by atoms with E-state index in [9.17, 15) is 10.2 Å². The Balaban J connectivity index is 1.62. The Labute approximate surface area is 198 Å². The zero-order chi connectivity index (χ0) is 23.7. The van der Waals surface area contributed by atoms with Gasteiger partial charge in [-0.1, -0.05) is 60.1 Å². The predicted molar refractivity (Wildman–Crippen MR) is 134 cm³/mol. The third kappa shape index (κ3) is 3.94. The zero-order valence-electron chi connectivity index (χ0n) is 22.4. The Morgan fingerprint density at radius 3 is 2.31 bits per heavy atom. The number of fused-ring (bicyclic) bond motifs is 5. The van der Waals surface area contributed by atoms with Crippen molar-refractivity contribution in [1.29, 1.82) is 0 Å². The van der Waals surface area contributed by atoms with Crippen LogP contribution in [0.2, 0.25) is 0 Å². The fourth-order valence-corrected chi connectivity index (χ4v) is 9.19. The molecule has 0 aromatic carbocycles. The van der Waals surface area contributed by atoms with Crippen LogP contribution in [-0.4, -0.2) is 21.4 Å². The lowest BCUT2D eigenvalue weighted by molar-refractivity contribution is -0.140. The van der Waals surface area contributed by atoms with E-state index in [0.717, 1.165) is 37.5 Å². The Morgan fingerprint density at radius 2 is 1.69 bits per heavy atom. The average Bonchev–Trinajstić information content (AvgIpc) is 3.04. The molecule has 0 amide bonds. The quantitative estimate of drug-likeness (QED) is 0.440. The van der Waals surface area contributed by atoms with Gasteiger partial charge in [0.1, 0.15) is 0 Å². The first-order valence-electron chi connectivity index (χ1n) is 13.8. The Kier molecular flexibility index (Phi) is 6.07. The fourth-order valence-electron chi connectivity index (χ4n) is 9.19. The molecule has 4 rings (SSSR count). The van der Waals surface area contributed by atoms with Crippen LogP contribution in [0.3, 0.4) is 0 Å². The molecule has 2 heteroatoms. The van der Waals surface area contributed by atoms with Gasteiger partial charge in [0, 0.05) is 0 Å². The summed E-state index contributed by atoms with van der Waals surface area (Å²) in [4.78, 5) is 0. The number of hydrogen-bond acceptors (Lipinski definition) is 2. The third-order valence-corrected chi connectivity index (χ3v) is 11.4. The van der Waals surface area contributed by atoms with Crippen LogP contribution < -0.4 is 0 Å². The van der Waals surface area contributed by atoms with E-state index in [1.54, 1.807) is 0 Å². The van der Waals surface area contributed by atoms with Crippen LogP contribution in [0.4, 0.5) is 0 Å². The van der Waals surface area contributed by atoms with Gasteiger partial charge in [-0.3, -0.25) is 0 Å². The predicted octanol–water partition coefficient (Wildman–Crippen LogP) is 7.53. The van der Waals surface area contributed by atoms with Gasteiger partial charge in [0.05, 0.1) is 11.2 Å². The van der Waals surface area contributed by atoms with Gasteiger partial charge < -0.3 is 10.2 Å². The molecular formula is C30H52O2. The molecule has 0 aromatic rings. The van der Waals surface area contributed by atoms with Crippen LogP contribution in [-0.2, 0) is 0 Å². The van der Waals surface area contributed by atoms with Crippen molar-refractivity contribution in [3.63, 3.8) is 0 Å². The van der Waals surface area contributed by atoms with Gasteiger partial charge in [-0.25, -0.2) is 0 Å². The van der Waals surface area contributed by atoms with Crippen molar-refractivity contribution in [1.82, 2.24) is 0 Å². The van der Waals surface area contributed by atoms with Gasteiger partial charge in [-0.05, 0) is 117 Å². The average molecular weight is 445 g/mol. The molecule has 0 aliphatic heterocycles. The molecule has 2 N–H and O–H groups in total. The van der Waals surface area contributed by atoms with Crippen LogP contribution in [0.1, 0.15) is 120 Å². The molecule has 0 spiro atoms. The summed E-state index contributed by atoms with van der Waals surface area (Å²) in [7, 11) is 0. The molecule has 4 aliphatic carbocycles. The summed E-state index contributed by atoms with van der Waals surface area (Å²) in [5.41, 5.74) is 0.972. The Hall–Kier alpha value is -0.340. The first-order valence-corrected chi connectivity index (χ1v) is 13.8. The van der Waals surface area contributed by atoms with E-state index in [1.807, 2.05) is 0 Å². The maximum atomic E-state index is 11.9. The first-order chi connectivity index (χ1) is 14.7. The highest BCUT2D eigenvalue weighted by Gasteiger charge is 2.64. The lowest BCUT2D eigenvalue weighted by Gasteiger charge is -2.62. The second kappa shape index (κ2) is 7.84. The fraction of sp³-hybridized carbons (Fsp3) is 0.933. The lowest BCUT2D eigenvalue weighted by atomic mass is 9.43. The van der Waals surface area contributed by atoms with Gasteiger partial charge >= 0.3 is 0 Å². The molecule has 1 unspecified atom stereocenters. The summed E-state index contributed by atoms with van der Waals surface area (Å²) in [6.45, 7) is 18.9. The minimum atomic E-state index is -0.749. The largest absolute Gasteiger partial charge is 0.390 e. The molecule has 9 atom stereocenters. The Morgan fingerprint density at radius 1 is 1.00 bits per heavy atom. The SMILES string of the molecule is CC[C@]1(O)CC[C@@]2(C)C(=CC(C)(O)[C@H]3[C@@H]4CC[C@H]([C@H](C)CCC(C)(C)C)[C@@]4(C)CC[C@@H]32)C1. The van der Waals surface area contributed by atoms with E-state index in [2.05, 4.69) is 61.5 Å². The topological polar surface area (TPSA) is 40.5 Å². The molecule has 184 valence electrons. The van der Waals surface area contributed by atoms with Gasteiger partial charge in [0.15, 0.2) is 0 Å². The highest BCUT2D eigenvalue weighted by Crippen LogP contribution is 2.69. The van der Waals surface area contributed by atoms with Gasteiger partial charge in [-0.15, -0.1) is 0 Å². The Bertz CT molecular complexity index is 744. The number of aliphatic hydroxyl groups is 2. The van der Waals surface area contributed by atoms with Gasteiger partial charge in [0.2, 0.25) is 0 Å². The molecule has 32 heavy (non-hydrogen) atoms. The van der Waals surface area contributed by atoms with E-state index in [4.69, 9.17) is 0 Å². The smallest absolute Gasteiger partial charge is 0.0836 e. The van der Waals surface area contributed by atoms with Crippen molar-refractivity contribution in [3.8, 4) is 0 Å². The highest BCUT2D eigenvalue weighted by molar-refractivity contribution is 5.32. The summed E-state index contributed by atoms with van der Waals surface area (Å²) < 4.78 is 0. The van der Waals surface area contributed by atoms with Crippen LogP contribution in [0.25, 0.3) is 0 Å². The minimum Gasteiger partial charge on any atom is -0.390 e.